The van der Waals surface area contributed by atoms with Crippen LogP contribution in [0.2, 0.25) is 10.0 Å². The molecular formula is C29H34Cl2F3N7O. The summed E-state index contributed by atoms with van der Waals surface area (Å²) in [5.41, 5.74) is 2.47. The third-order valence-corrected chi connectivity index (χ3v) is 9.35. The molecule has 1 saturated heterocycles. The molecule has 1 aliphatic carbocycles. The van der Waals surface area contributed by atoms with E-state index < -0.39 is 17.8 Å². The zero-order chi connectivity index (χ0) is 30.3. The van der Waals surface area contributed by atoms with E-state index in [0.717, 1.165) is 11.9 Å². The molecule has 42 heavy (non-hydrogen) atoms. The second-order valence-corrected chi connectivity index (χ2v) is 12.4. The molecule has 2 atom stereocenters. The molecule has 2 aliphatic rings. The predicted molar refractivity (Wildman–Crippen MR) is 158 cm³/mol. The number of rotatable bonds is 6. The third-order valence-electron chi connectivity index (χ3n) is 8.56. The largest absolute Gasteiger partial charge is 0.367 e. The van der Waals surface area contributed by atoms with Crippen LogP contribution in [0.5, 0.6) is 0 Å². The predicted octanol–water partition coefficient (Wildman–Crippen LogP) is 6.57. The number of carbonyl (C=O) groups is 1. The van der Waals surface area contributed by atoms with Gasteiger partial charge in [0.25, 0.3) is 5.91 Å². The first kappa shape index (κ1) is 30.6. The van der Waals surface area contributed by atoms with Gasteiger partial charge in [-0.25, -0.2) is 18.4 Å². The first-order valence-corrected chi connectivity index (χ1v) is 14.8. The van der Waals surface area contributed by atoms with Crippen molar-refractivity contribution in [3.05, 3.63) is 57.3 Å². The van der Waals surface area contributed by atoms with E-state index >= 15 is 0 Å². The van der Waals surface area contributed by atoms with Crippen LogP contribution in [0.3, 0.4) is 0 Å². The molecule has 1 N–H and O–H groups in total. The number of hydrogen-bond acceptors (Lipinski definition) is 6. The summed E-state index contributed by atoms with van der Waals surface area (Å²) in [5, 5.41) is 11.9. The van der Waals surface area contributed by atoms with Gasteiger partial charge in [0.15, 0.2) is 0 Å². The minimum atomic E-state index is -2.59. The number of nitrogens with one attached hydrogen (secondary N) is 1. The maximum atomic E-state index is 13.9. The Balaban J connectivity index is 1.47. The molecule has 2 aromatic heterocycles. The molecule has 2 fully saturated rings. The Morgan fingerprint density at radius 3 is 2.45 bits per heavy atom. The molecule has 3 heterocycles. The van der Waals surface area contributed by atoms with Crippen LogP contribution in [-0.4, -0.2) is 68.9 Å². The first-order valence-electron chi connectivity index (χ1n) is 14.0. The van der Waals surface area contributed by atoms with Crippen LogP contribution in [0.1, 0.15) is 61.1 Å². The highest BCUT2D eigenvalue weighted by atomic mass is 35.5. The molecule has 8 nitrogen and oxygen atoms in total. The number of halogens is 5. The number of amides is 1. The molecule has 0 bridgehead atoms. The van der Waals surface area contributed by atoms with Crippen LogP contribution in [0.25, 0.3) is 5.69 Å². The molecule has 1 amide bonds. The molecule has 1 saturated carbocycles. The number of nitrogens with zero attached hydrogens (tertiary/aromatic N) is 6. The molecule has 1 aromatic carbocycles. The minimum absolute atomic E-state index is 0.0148. The first-order chi connectivity index (χ1) is 19.8. The molecule has 1 aliphatic heterocycles. The van der Waals surface area contributed by atoms with E-state index in [0.29, 0.717) is 54.4 Å². The summed E-state index contributed by atoms with van der Waals surface area (Å²) >= 11 is 13.1. The van der Waals surface area contributed by atoms with Crippen LogP contribution < -0.4 is 10.2 Å². The van der Waals surface area contributed by atoms with Crippen molar-refractivity contribution < 1.29 is 18.0 Å². The van der Waals surface area contributed by atoms with Gasteiger partial charge in [0.05, 0.1) is 44.6 Å². The van der Waals surface area contributed by atoms with Gasteiger partial charge >= 0.3 is 0 Å². The van der Waals surface area contributed by atoms with Crippen molar-refractivity contribution in [2.24, 2.45) is 5.92 Å². The van der Waals surface area contributed by atoms with Crippen LogP contribution in [0, 0.1) is 18.8 Å². The monoisotopic (exact) mass is 623 g/mol. The minimum Gasteiger partial charge on any atom is -0.367 e. The van der Waals surface area contributed by atoms with E-state index in [1.165, 1.54) is 11.6 Å². The second kappa shape index (κ2) is 12.0. The van der Waals surface area contributed by atoms with E-state index in [4.69, 9.17) is 23.2 Å². The summed E-state index contributed by atoms with van der Waals surface area (Å²) in [6.07, 6.45) is 4.05. The summed E-state index contributed by atoms with van der Waals surface area (Å²) in [4.78, 5) is 21.5. The van der Waals surface area contributed by atoms with Crippen LogP contribution in [-0.2, 0) is 6.42 Å². The van der Waals surface area contributed by atoms with Gasteiger partial charge in [0, 0.05) is 49.8 Å². The smallest absolute Gasteiger partial charge is 0.258 e. The fourth-order valence-corrected chi connectivity index (χ4v) is 6.17. The number of pyridine rings is 1. The van der Waals surface area contributed by atoms with Gasteiger partial charge in [0.1, 0.15) is 0 Å². The van der Waals surface area contributed by atoms with E-state index in [1.807, 2.05) is 0 Å². The highest BCUT2D eigenvalue weighted by Gasteiger charge is 2.35. The second-order valence-electron chi connectivity index (χ2n) is 11.6. The van der Waals surface area contributed by atoms with Crippen LogP contribution in [0.4, 0.5) is 24.5 Å². The van der Waals surface area contributed by atoms with E-state index in [-0.39, 0.29) is 47.0 Å². The number of likely N-dealkylation sites (N-methyl/N-ethyl adjacent to an activating group) is 1. The molecule has 3 aromatic rings. The number of aromatic nitrogens is 4. The topological polar surface area (TPSA) is 79.2 Å². The van der Waals surface area contributed by atoms with Crippen molar-refractivity contribution in [1.82, 2.24) is 24.9 Å². The molecule has 0 spiro atoms. The van der Waals surface area contributed by atoms with Crippen molar-refractivity contribution >= 4 is 40.5 Å². The van der Waals surface area contributed by atoms with Gasteiger partial charge < -0.3 is 10.2 Å². The normalized spacial score (nSPS) is 21.5. The Morgan fingerprint density at radius 1 is 1.12 bits per heavy atom. The standard InChI is InChI=1S/C29H34Cl2F3N7O/c1-16-13-40(14-17(2)39(16)4)25-10-22(30)24(11-23(25)36-28(42)21-12-35-27(32)18(3)26(21)31)41-15-20(37-38-41)9-19-5-7-29(33,34)8-6-19/h10-12,15-17,19H,5-9,13-14H2,1-4H3,(H,36,42)/t16-,17+. The van der Waals surface area contributed by atoms with E-state index in [2.05, 4.69) is 51.3 Å². The Bertz CT molecular complexity index is 1460. The van der Waals surface area contributed by atoms with Gasteiger partial charge in [-0.05, 0) is 65.1 Å². The fraction of sp³-hybridized carbons (Fsp3) is 0.517. The van der Waals surface area contributed by atoms with Gasteiger partial charge in [-0.15, -0.1) is 5.10 Å². The lowest BCUT2D eigenvalue weighted by Crippen LogP contribution is -2.55. The zero-order valence-corrected chi connectivity index (χ0v) is 25.5. The van der Waals surface area contributed by atoms with Gasteiger partial charge in [-0.3, -0.25) is 9.69 Å². The van der Waals surface area contributed by atoms with Crippen LogP contribution in [0.15, 0.2) is 24.5 Å². The van der Waals surface area contributed by atoms with Crippen molar-refractivity contribution in [3.63, 3.8) is 0 Å². The molecule has 5 rings (SSSR count). The average Bonchev–Trinajstić information content (AvgIpc) is 3.40. The van der Waals surface area contributed by atoms with Crippen molar-refractivity contribution in [2.45, 2.75) is 70.9 Å². The lowest BCUT2D eigenvalue weighted by molar-refractivity contribution is -0.0457. The molecule has 0 unspecified atom stereocenters. The zero-order valence-electron chi connectivity index (χ0n) is 24.0. The Labute approximate surface area is 253 Å². The molecule has 0 radical (unpaired) electrons. The maximum absolute atomic E-state index is 13.9. The average molecular weight is 625 g/mol. The number of alkyl halides is 2. The Kier molecular flexibility index (Phi) is 8.74. The summed E-state index contributed by atoms with van der Waals surface area (Å²) in [7, 11) is 2.08. The molecule has 13 heteroatoms. The van der Waals surface area contributed by atoms with Crippen molar-refractivity contribution in [3.8, 4) is 5.69 Å². The summed E-state index contributed by atoms with van der Waals surface area (Å²) in [5.74, 6) is -3.76. The summed E-state index contributed by atoms with van der Waals surface area (Å²) in [6.45, 7) is 7.12. The van der Waals surface area contributed by atoms with Gasteiger partial charge in [-0.2, -0.15) is 4.39 Å². The quantitative estimate of drug-likeness (QED) is 0.313. The number of piperazine rings is 1. The van der Waals surface area contributed by atoms with Crippen molar-refractivity contribution in [1.29, 1.82) is 0 Å². The SMILES string of the molecule is Cc1c(F)ncc(C(=O)Nc2cc(-n3cc(CC4CCC(F)(F)CC4)nn3)c(Cl)cc2N2C[C@@H](C)N(C)[C@@H](C)C2)c1Cl. The number of carbonyl (C=O) groups excluding carboxylic acids is 1. The highest BCUT2D eigenvalue weighted by Crippen LogP contribution is 2.39. The maximum Gasteiger partial charge on any atom is 0.258 e. The van der Waals surface area contributed by atoms with E-state index in [9.17, 15) is 18.0 Å². The molecule has 226 valence electrons. The van der Waals surface area contributed by atoms with Gasteiger partial charge in [-0.1, -0.05) is 28.4 Å². The van der Waals surface area contributed by atoms with Crippen molar-refractivity contribution in [2.75, 3.05) is 30.4 Å². The van der Waals surface area contributed by atoms with Gasteiger partial charge in [0.2, 0.25) is 11.9 Å². The lowest BCUT2D eigenvalue weighted by atomic mass is 9.84. The number of hydrogen-bond donors (Lipinski definition) is 1. The Morgan fingerprint density at radius 2 is 1.79 bits per heavy atom. The number of anilines is 2. The van der Waals surface area contributed by atoms with E-state index in [1.54, 1.807) is 18.3 Å². The molecular weight excluding hydrogens is 590 g/mol. The third kappa shape index (κ3) is 6.38. The number of benzene rings is 1. The Hall–Kier alpha value is -2.89. The lowest BCUT2D eigenvalue weighted by Gasteiger charge is -2.44. The summed E-state index contributed by atoms with van der Waals surface area (Å²) in [6, 6.07) is 4.00. The fourth-order valence-electron chi connectivity index (χ4n) is 5.71. The highest BCUT2D eigenvalue weighted by molar-refractivity contribution is 6.35. The van der Waals surface area contributed by atoms with Crippen LogP contribution >= 0.6 is 23.2 Å². The summed E-state index contributed by atoms with van der Waals surface area (Å²) < 4.78 is 42.7.